The molecule has 0 amide bonds. The van der Waals surface area contributed by atoms with Crippen molar-refractivity contribution in [3.8, 4) is 0 Å². The van der Waals surface area contributed by atoms with Gasteiger partial charge in [-0.3, -0.25) is 0 Å². The largest absolute Gasteiger partial charge is 0.325 e. The fraction of sp³-hybridized carbons (Fsp3) is 0.429. The summed E-state index contributed by atoms with van der Waals surface area (Å²) < 4.78 is 0. The number of hydrogen-bond donors (Lipinski definition) is 1. The monoisotopic (exact) mass is 111 g/mol. The maximum atomic E-state index is 5.41. The lowest BCUT2D eigenvalue weighted by Crippen LogP contribution is -2.09. The Labute approximate surface area is 50.9 Å². The quantitative estimate of drug-likeness (QED) is 0.536. The van der Waals surface area contributed by atoms with Gasteiger partial charge in [0.1, 0.15) is 0 Å². The van der Waals surface area contributed by atoms with Crippen molar-refractivity contribution in [2.24, 2.45) is 5.73 Å². The highest BCUT2D eigenvalue weighted by molar-refractivity contribution is 5.03. The van der Waals surface area contributed by atoms with Crippen molar-refractivity contribution >= 4 is 0 Å². The van der Waals surface area contributed by atoms with Gasteiger partial charge in [0.15, 0.2) is 0 Å². The predicted molar refractivity (Wildman–Crippen MR) is 37.6 cm³/mol. The first-order chi connectivity index (χ1) is 3.77. The van der Waals surface area contributed by atoms with E-state index in [4.69, 9.17) is 5.73 Å². The van der Waals surface area contributed by atoms with Crippen molar-refractivity contribution in [1.82, 2.24) is 0 Å². The topological polar surface area (TPSA) is 26.0 Å². The second-order valence-electron chi connectivity index (χ2n) is 1.77. The average molecular weight is 111 g/mol. The molecule has 0 aromatic rings. The Hall–Kier alpha value is -0.560. The van der Waals surface area contributed by atoms with Gasteiger partial charge in [0, 0.05) is 6.04 Å². The minimum atomic E-state index is 0.172. The SMILES string of the molecule is CC=CC=CC(C)N. The van der Waals surface area contributed by atoms with Gasteiger partial charge in [0.25, 0.3) is 0 Å². The summed E-state index contributed by atoms with van der Waals surface area (Å²) in [5.41, 5.74) is 5.41. The van der Waals surface area contributed by atoms with E-state index in [9.17, 15) is 0 Å². The Morgan fingerprint density at radius 2 is 2.00 bits per heavy atom. The minimum Gasteiger partial charge on any atom is -0.325 e. The summed E-state index contributed by atoms with van der Waals surface area (Å²) in [5, 5.41) is 0. The zero-order chi connectivity index (χ0) is 6.41. The van der Waals surface area contributed by atoms with Crippen LogP contribution in [0.4, 0.5) is 0 Å². The molecule has 0 radical (unpaired) electrons. The summed E-state index contributed by atoms with van der Waals surface area (Å²) >= 11 is 0. The second-order valence-corrected chi connectivity index (χ2v) is 1.77. The maximum absolute atomic E-state index is 5.41. The van der Waals surface area contributed by atoms with Crippen LogP contribution in [-0.4, -0.2) is 6.04 Å². The van der Waals surface area contributed by atoms with Crippen LogP contribution >= 0.6 is 0 Å². The first-order valence-electron chi connectivity index (χ1n) is 2.82. The number of hydrogen-bond acceptors (Lipinski definition) is 1. The van der Waals surface area contributed by atoms with Gasteiger partial charge in [-0.2, -0.15) is 0 Å². The fourth-order valence-electron chi connectivity index (χ4n) is 0.351. The Balaban J connectivity index is 3.34. The van der Waals surface area contributed by atoms with E-state index in [-0.39, 0.29) is 6.04 Å². The summed E-state index contributed by atoms with van der Waals surface area (Å²) in [7, 11) is 0. The minimum absolute atomic E-state index is 0.172. The highest BCUT2D eigenvalue weighted by atomic mass is 14.6. The van der Waals surface area contributed by atoms with Crippen LogP contribution in [-0.2, 0) is 0 Å². The van der Waals surface area contributed by atoms with E-state index in [2.05, 4.69) is 0 Å². The highest BCUT2D eigenvalue weighted by Crippen LogP contribution is 1.79. The van der Waals surface area contributed by atoms with Crippen LogP contribution in [0.5, 0.6) is 0 Å². The summed E-state index contributed by atoms with van der Waals surface area (Å²) in [6.07, 6.45) is 7.83. The van der Waals surface area contributed by atoms with Gasteiger partial charge < -0.3 is 5.73 Å². The third-order valence-electron chi connectivity index (χ3n) is 0.718. The van der Waals surface area contributed by atoms with Crippen molar-refractivity contribution < 1.29 is 0 Å². The van der Waals surface area contributed by atoms with Crippen LogP contribution in [0.15, 0.2) is 24.3 Å². The molecular formula is C7H13N. The molecule has 2 N–H and O–H groups in total. The van der Waals surface area contributed by atoms with E-state index in [0.29, 0.717) is 0 Å². The molecule has 0 aliphatic rings. The Morgan fingerprint density at radius 1 is 1.38 bits per heavy atom. The third-order valence-corrected chi connectivity index (χ3v) is 0.718. The Bertz CT molecular complexity index is 90.6. The fourth-order valence-corrected chi connectivity index (χ4v) is 0.351. The molecule has 8 heavy (non-hydrogen) atoms. The molecular weight excluding hydrogens is 98.1 g/mol. The molecule has 0 aliphatic heterocycles. The molecule has 46 valence electrons. The van der Waals surface area contributed by atoms with Gasteiger partial charge in [0.05, 0.1) is 0 Å². The van der Waals surface area contributed by atoms with Gasteiger partial charge in [-0.1, -0.05) is 24.3 Å². The predicted octanol–water partition coefficient (Wildman–Crippen LogP) is 1.47. The van der Waals surface area contributed by atoms with E-state index in [1.807, 2.05) is 38.2 Å². The molecule has 0 spiro atoms. The van der Waals surface area contributed by atoms with Crippen LogP contribution in [0, 0.1) is 0 Å². The maximum Gasteiger partial charge on any atom is 0.0197 e. The molecule has 1 heteroatoms. The summed E-state index contributed by atoms with van der Waals surface area (Å²) in [5.74, 6) is 0. The van der Waals surface area contributed by atoms with E-state index in [1.165, 1.54) is 0 Å². The first kappa shape index (κ1) is 7.44. The summed E-state index contributed by atoms with van der Waals surface area (Å²) in [4.78, 5) is 0. The Kier molecular flexibility index (Phi) is 4.27. The summed E-state index contributed by atoms with van der Waals surface area (Å²) in [6, 6.07) is 0.172. The van der Waals surface area contributed by atoms with Gasteiger partial charge in [0.2, 0.25) is 0 Å². The van der Waals surface area contributed by atoms with Crippen LogP contribution in [0.2, 0.25) is 0 Å². The van der Waals surface area contributed by atoms with E-state index in [1.54, 1.807) is 0 Å². The molecule has 1 nitrogen and oxygen atoms in total. The average Bonchev–Trinajstić information content (AvgIpc) is 1.66. The smallest absolute Gasteiger partial charge is 0.0197 e. The molecule has 0 saturated heterocycles. The van der Waals surface area contributed by atoms with Crippen molar-refractivity contribution in [3.05, 3.63) is 24.3 Å². The summed E-state index contributed by atoms with van der Waals surface area (Å²) in [6.45, 7) is 3.92. The van der Waals surface area contributed by atoms with Gasteiger partial charge >= 0.3 is 0 Å². The molecule has 0 bridgehead atoms. The molecule has 0 heterocycles. The molecule has 1 unspecified atom stereocenters. The normalized spacial score (nSPS) is 15.9. The van der Waals surface area contributed by atoms with Crippen molar-refractivity contribution in [3.63, 3.8) is 0 Å². The van der Waals surface area contributed by atoms with Crippen LogP contribution in [0.1, 0.15) is 13.8 Å². The molecule has 0 aliphatic carbocycles. The third kappa shape index (κ3) is 5.44. The number of allylic oxidation sites excluding steroid dienone is 3. The van der Waals surface area contributed by atoms with E-state index in [0.717, 1.165) is 0 Å². The van der Waals surface area contributed by atoms with Crippen LogP contribution in [0.3, 0.4) is 0 Å². The zero-order valence-electron chi connectivity index (χ0n) is 5.46. The van der Waals surface area contributed by atoms with Gasteiger partial charge in [-0.05, 0) is 13.8 Å². The van der Waals surface area contributed by atoms with Crippen molar-refractivity contribution in [2.75, 3.05) is 0 Å². The van der Waals surface area contributed by atoms with E-state index >= 15 is 0 Å². The lowest BCUT2D eigenvalue weighted by atomic mass is 10.3. The standard InChI is InChI=1S/C7H13N/c1-3-4-5-6-7(2)8/h3-7H,8H2,1-2H3. The van der Waals surface area contributed by atoms with Crippen LogP contribution < -0.4 is 5.73 Å². The van der Waals surface area contributed by atoms with Crippen LogP contribution in [0.25, 0.3) is 0 Å². The number of nitrogens with two attached hydrogens (primary N) is 1. The Morgan fingerprint density at radius 3 is 2.38 bits per heavy atom. The van der Waals surface area contributed by atoms with Gasteiger partial charge in [-0.25, -0.2) is 0 Å². The molecule has 0 fully saturated rings. The molecule has 0 saturated carbocycles. The number of rotatable bonds is 2. The lowest BCUT2D eigenvalue weighted by Gasteiger charge is -1.89. The van der Waals surface area contributed by atoms with Crippen molar-refractivity contribution in [2.45, 2.75) is 19.9 Å². The molecule has 0 rings (SSSR count). The zero-order valence-corrected chi connectivity index (χ0v) is 5.46. The van der Waals surface area contributed by atoms with Crippen molar-refractivity contribution in [1.29, 1.82) is 0 Å². The van der Waals surface area contributed by atoms with Gasteiger partial charge in [-0.15, -0.1) is 0 Å². The van der Waals surface area contributed by atoms with E-state index < -0.39 is 0 Å². The molecule has 0 aromatic carbocycles. The lowest BCUT2D eigenvalue weighted by molar-refractivity contribution is 0.926. The highest BCUT2D eigenvalue weighted by Gasteiger charge is 1.77. The second kappa shape index (κ2) is 4.60. The molecule has 1 atom stereocenters. The molecule has 0 aromatic heterocycles. The first-order valence-corrected chi connectivity index (χ1v) is 2.82.